The van der Waals surface area contributed by atoms with Gasteiger partial charge < -0.3 is 14.6 Å². The topological polar surface area (TPSA) is 55.8 Å². The number of rotatable bonds is 2. The minimum absolute atomic E-state index is 0.117. The van der Waals surface area contributed by atoms with E-state index in [0.717, 1.165) is 12.1 Å². The number of benzene rings is 2. The highest BCUT2D eigenvalue weighted by atomic mass is 19.4. The van der Waals surface area contributed by atoms with Crippen LogP contribution >= 0.6 is 0 Å². The van der Waals surface area contributed by atoms with Crippen LogP contribution in [0, 0.1) is 0 Å². The largest absolute Gasteiger partial charge is 0.476 e. The van der Waals surface area contributed by atoms with E-state index in [1.54, 1.807) is 31.2 Å². The van der Waals surface area contributed by atoms with E-state index in [1.165, 1.54) is 0 Å². The molecule has 0 aromatic heterocycles. The first kappa shape index (κ1) is 17.1. The number of para-hydroxylation sites is 1. The van der Waals surface area contributed by atoms with Gasteiger partial charge >= 0.3 is 18.4 Å². The van der Waals surface area contributed by atoms with Crippen LogP contribution in [0.4, 0.5) is 13.2 Å². The first-order valence-electron chi connectivity index (χ1n) is 7.66. The van der Waals surface area contributed by atoms with Crippen LogP contribution in [0.1, 0.15) is 29.2 Å². The molecule has 1 aliphatic rings. The average Bonchev–Trinajstić information content (AvgIpc) is 2.53. The lowest BCUT2D eigenvalue weighted by atomic mass is 9.94. The fraction of sp³-hybridized carbons (Fsp3) is 0.278. The van der Waals surface area contributed by atoms with E-state index in [0.29, 0.717) is 35.3 Å². The molecule has 0 radical (unpaired) electrons. The second-order valence-electron chi connectivity index (χ2n) is 5.65. The smallest absolute Gasteiger partial charge is 0.416 e. The predicted molar refractivity (Wildman–Crippen MR) is 82.7 cm³/mol. The molecule has 1 N–H and O–H groups in total. The number of hydrogen-bond acceptors (Lipinski definition) is 3. The van der Waals surface area contributed by atoms with Crippen LogP contribution in [0.3, 0.4) is 0 Å². The van der Waals surface area contributed by atoms with Gasteiger partial charge in [-0.3, -0.25) is 0 Å². The zero-order chi connectivity index (χ0) is 18.2. The maximum Gasteiger partial charge on any atom is 0.416 e. The van der Waals surface area contributed by atoms with Crippen molar-refractivity contribution in [3.63, 3.8) is 0 Å². The normalized spacial score (nSPS) is 16.6. The second kappa shape index (κ2) is 6.31. The summed E-state index contributed by atoms with van der Waals surface area (Å²) >= 11 is 0. The Morgan fingerprint density at radius 3 is 2.52 bits per heavy atom. The number of carboxylic acid groups (broad SMARTS) is 1. The summed E-state index contributed by atoms with van der Waals surface area (Å²) in [5.74, 6) is -1.20. The summed E-state index contributed by atoms with van der Waals surface area (Å²) in [4.78, 5) is 11.4. The van der Waals surface area contributed by atoms with Crippen LogP contribution in [0.5, 0.6) is 11.5 Å². The molecular weight excluding hydrogens is 337 g/mol. The van der Waals surface area contributed by atoms with Crippen LogP contribution in [-0.2, 0) is 23.8 Å². The van der Waals surface area contributed by atoms with Crippen molar-refractivity contribution in [1.29, 1.82) is 0 Å². The van der Waals surface area contributed by atoms with Crippen molar-refractivity contribution in [2.45, 2.75) is 32.2 Å². The molecule has 0 aliphatic carbocycles. The summed E-state index contributed by atoms with van der Waals surface area (Å²) in [6.45, 7) is 1.74. The number of halogens is 3. The first-order chi connectivity index (χ1) is 11.8. The summed E-state index contributed by atoms with van der Waals surface area (Å²) in [6.07, 6.45) is -5.63. The molecule has 0 fully saturated rings. The Hall–Kier alpha value is -2.70. The number of alkyl halides is 3. The van der Waals surface area contributed by atoms with E-state index in [1.807, 2.05) is 0 Å². The minimum Gasteiger partial charge on any atom is -0.476 e. The van der Waals surface area contributed by atoms with Gasteiger partial charge in [-0.15, -0.1) is 0 Å². The van der Waals surface area contributed by atoms with Gasteiger partial charge in [0.1, 0.15) is 11.5 Å². The van der Waals surface area contributed by atoms with Crippen molar-refractivity contribution in [1.82, 2.24) is 0 Å². The van der Waals surface area contributed by atoms with Crippen molar-refractivity contribution < 1.29 is 32.5 Å². The molecule has 0 saturated heterocycles. The number of fused-ring (bicyclic) bond motifs is 2. The predicted octanol–water partition coefficient (Wildman–Crippen LogP) is 4.04. The van der Waals surface area contributed by atoms with Crippen LogP contribution in [0.15, 0.2) is 36.4 Å². The molecule has 7 heteroatoms. The Bertz CT molecular complexity index is 814. The van der Waals surface area contributed by atoms with Gasteiger partial charge in [-0.25, -0.2) is 4.79 Å². The molecule has 25 heavy (non-hydrogen) atoms. The third kappa shape index (κ3) is 3.40. The van der Waals surface area contributed by atoms with Crippen LogP contribution in [0.2, 0.25) is 0 Å². The fourth-order valence-electron chi connectivity index (χ4n) is 2.80. The summed E-state index contributed by atoms with van der Waals surface area (Å²) in [5, 5.41) is 9.29. The zero-order valence-corrected chi connectivity index (χ0v) is 13.3. The lowest BCUT2D eigenvalue weighted by molar-refractivity contribution is -0.158. The molecular formula is C18H15F3O4. The van der Waals surface area contributed by atoms with Gasteiger partial charge in [0.15, 0.2) is 0 Å². The van der Waals surface area contributed by atoms with Crippen LogP contribution in [-0.4, -0.2) is 17.4 Å². The Labute approximate surface area is 141 Å². The molecule has 4 nitrogen and oxygen atoms in total. The van der Waals surface area contributed by atoms with Crippen molar-refractivity contribution in [3.05, 3.63) is 58.7 Å². The van der Waals surface area contributed by atoms with Crippen molar-refractivity contribution in [3.8, 4) is 11.5 Å². The highest BCUT2D eigenvalue weighted by Gasteiger charge is 2.34. The SMILES string of the molecule is CCc1cc(C(F)(F)F)cc2c1Cc1ccccc1OC(C(=O)O)O2. The molecule has 0 spiro atoms. The standard InChI is InChI=1S/C18H15F3O4/c1-2-10-7-12(18(19,20)21)9-15-13(10)8-11-5-3-4-6-14(11)24-17(25-15)16(22)23/h3-7,9,17H,2,8H2,1H3,(H,22,23). The van der Waals surface area contributed by atoms with E-state index in [-0.39, 0.29) is 5.75 Å². The monoisotopic (exact) mass is 352 g/mol. The summed E-state index contributed by atoms with van der Waals surface area (Å²) in [6, 6.07) is 8.73. The van der Waals surface area contributed by atoms with Gasteiger partial charge in [-0.1, -0.05) is 25.1 Å². The quantitative estimate of drug-likeness (QED) is 0.886. The molecule has 0 saturated carbocycles. The molecule has 2 aromatic carbocycles. The van der Waals surface area contributed by atoms with Gasteiger partial charge in [0.05, 0.1) is 5.56 Å². The lowest BCUT2D eigenvalue weighted by Gasteiger charge is -2.26. The van der Waals surface area contributed by atoms with Gasteiger partial charge in [0.2, 0.25) is 0 Å². The Morgan fingerprint density at radius 2 is 1.88 bits per heavy atom. The van der Waals surface area contributed by atoms with Gasteiger partial charge in [0.25, 0.3) is 0 Å². The zero-order valence-electron chi connectivity index (χ0n) is 13.3. The first-order valence-corrected chi connectivity index (χ1v) is 7.66. The molecule has 1 heterocycles. The second-order valence-corrected chi connectivity index (χ2v) is 5.65. The van der Waals surface area contributed by atoms with Crippen molar-refractivity contribution in [2.75, 3.05) is 0 Å². The summed E-state index contributed by atoms with van der Waals surface area (Å²) in [5.41, 5.74) is 0.817. The van der Waals surface area contributed by atoms with Gasteiger partial charge in [-0.2, -0.15) is 13.2 Å². The highest BCUT2D eigenvalue weighted by Crippen LogP contribution is 2.39. The summed E-state index contributed by atoms with van der Waals surface area (Å²) < 4.78 is 50.1. The third-order valence-electron chi connectivity index (χ3n) is 4.02. The van der Waals surface area contributed by atoms with Crippen molar-refractivity contribution >= 4 is 5.97 Å². The van der Waals surface area contributed by atoms with E-state index >= 15 is 0 Å². The minimum atomic E-state index is -4.55. The summed E-state index contributed by atoms with van der Waals surface area (Å²) in [7, 11) is 0. The van der Waals surface area contributed by atoms with Crippen LogP contribution < -0.4 is 9.47 Å². The molecule has 0 amide bonds. The third-order valence-corrected chi connectivity index (χ3v) is 4.02. The number of ether oxygens (including phenoxy) is 2. The van der Waals surface area contributed by atoms with Crippen LogP contribution in [0.25, 0.3) is 0 Å². The van der Waals surface area contributed by atoms with Gasteiger partial charge in [-0.05, 0) is 35.7 Å². The Morgan fingerprint density at radius 1 is 1.20 bits per heavy atom. The molecule has 3 rings (SSSR count). The molecule has 1 aliphatic heterocycles. The number of aliphatic carboxylic acids is 1. The number of carbonyl (C=O) groups is 1. The molecule has 1 unspecified atom stereocenters. The maximum absolute atomic E-state index is 13.1. The molecule has 0 bridgehead atoms. The fourth-order valence-corrected chi connectivity index (χ4v) is 2.80. The maximum atomic E-state index is 13.1. The molecule has 1 atom stereocenters. The van der Waals surface area contributed by atoms with Crippen molar-refractivity contribution in [2.24, 2.45) is 0 Å². The van der Waals surface area contributed by atoms with E-state index in [4.69, 9.17) is 9.47 Å². The molecule has 2 aromatic rings. The number of aryl methyl sites for hydroxylation is 1. The number of hydrogen-bond donors (Lipinski definition) is 1. The Kier molecular flexibility index (Phi) is 4.32. The lowest BCUT2D eigenvalue weighted by Crippen LogP contribution is -2.34. The average molecular weight is 352 g/mol. The van der Waals surface area contributed by atoms with E-state index in [2.05, 4.69) is 0 Å². The van der Waals surface area contributed by atoms with E-state index < -0.39 is 24.0 Å². The van der Waals surface area contributed by atoms with E-state index in [9.17, 15) is 23.1 Å². The number of carboxylic acids is 1. The Balaban J connectivity index is 2.20. The van der Waals surface area contributed by atoms with Gasteiger partial charge in [0, 0.05) is 12.0 Å². The highest BCUT2D eigenvalue weighted by molar-refractivity contribution is 5.72. The molecule has 132 valence electrons.